The van der Waals surface area contributed by atoms with E-state index < -0.39 is 8.07 Å². The second-order valence-corrected chi connectivity index (χ2v) is 20.7. The maximum atomic E-state index is 6.90. The molecule has 4 aromatic heterocycles. The lowest BCUT2D eigenvalue weighted by molar-refractivity contribution is 0.669. The molecule has 7 heteroatoms. The van der Waals surface area contributed by atoms with Crippen molar-refractivity contribution >= 4 is 84.1 Å². The highest BCUT2D eigenvalue weighted by Gasteiger charge is 2.40. The number of aromatic nitrogens is 4. The minimum Gasteiger partial charge on any atom is -0.456 e. The van der Waals surface area contributed by atoms with E-state index in [-0.39, 0.29) is 0 Å². The van der Waals surface area contributed by atoms with E-state index in [0.29, 0.717) is 17.5 Å². The van der Waals surface area contributed by atoms with Crippen LogP contribution < -0.4 is 10.4 Å². The minimum absolute atomic E-state index is 0.581. The van der Waals surface area contributed by atoms with Gasteiger partial charge in [-0.1, -0.05) is 134 Å². The molecule has 0 unspecified atom stereocenters. The fourth-order valence-corrected chi connectivity index (χ4v) is 13.0. The van der Waals surface area contributed by atoms with Crippen molar-refractivity contribution in [1.29, 1.82) is 0 Å². The Kier molecular flexibility index (Phi) is 6.79. The van der Waals surface area contributed by atoms with Gasteiger partial charge in [0.25, 0.3) is 0 Å². The maximum Gasteiger partial charge on any atom is 0.164 e. The van der Waals surface area contributed by atoms with E-state index in [2.05, 4.69) is 151 Å². The molecule has 13 rings (SSSR count). The van der Waals surface area contributed by atoms with Crippen molar-refractivity contribution < 1.29 is 8.83 Å². The number of nitrogens with zero attached hydrogens (tertiary/aromatic N) is 4. The van der Waals surface area contributed by atoms with Gasteiger partial charge in [0.2, 0.25) is 0 Å². The number of hydrogen-bond acceptors (Lipinski definition) is 5. The monoisotopic (exact) mass is 786 g/mol. The molecule has 12 aromatic rings. The first kappa shape index (κ1) is 33.4. The Hall–Kier alpha value is -7.61. The highest BCUT2D eigenvalue weighted by atomic mass is 28.3. The van der Waals surface area contributed by atoms with Gasteiger partial charge in [0, 0.05) is 60.3 Å². The van der Waals surface area contributed by atoms with Crippen molar-refractivity contribution in [3.8, 4) is 51.0 Å². The number of rotatable bonds is 4. The molecule has 1 aliphatic rings. The Morgan fingerprint density at radius 3 is 1.88 bits per heavy atom. The molecular formula is C53H34N4O2Si. The molecule has 0 spiro atoms. The average molecular weight is 787 g/mol. The standard InChI is InChI=1S/C53H34N4O2Si/c1-60(2)45-26-13-9-20-37(45)49-46(60)30-39(48-36-19-8-12-24-43(36)59-50(48)49)53-55-51(54-52(56-53)38-21-14-25-44-47(38)35-18-7-11-23-42(35)58-44)31-27-28-34-33-17-6-10-22-40(33)57(41(34)29-31)32-15-4-3-5-16-32/h3-30H,1-2H3. The van der Waals surface area contributed by atoms with E-state index in [4.69, 9.17) is 23.8 Å². The molecule has 0 radical (unpaired) electrons. The van der Waals surface area contributed by atoms with Crippen molar-refractivity contribution in [2.45, 2.75) is 13.1 Å². The van der Waals surface area contributed by atoms with Crippen LogP contribution in [0.1, 0.15) is 0 Å². The van der Waals surface area contributed by atoms with Gasteiger partial charge >= 0.3 is 0 Å². The summed E-state index contributed by atoms with van der Waals surface area (Å²) in [4.78, 5) is 16.3. The molecule has 0 bridgehead atoms. The van der Waals surface area contributed by atoms with Crippen LogP contribution in [-0.4, -0.2) is 27.6 Å². The Labute approximate surface area is 345 Å². The quantitative estimate of drug-likeness (QED) is 0.166. The van der Waals surface area contributed by atoms with E-state index in [9.17, 15) is 0 Å². The predicted molar refractivity (Wildman–Crippen MR) is 247 cm³/mol. The third-order valence-corrected chi connectivity index (χ3v) is 16.2. The molecule has 60 heavy (non-hydrogen) atoms. The van der Waals surface area contributed by atoms with Gasteiger partial charge in [-0.25, -0.2) is 15.0 Å². The van der Waals surface area contributed by atoms with Gasteiger partial charge in [-0.15, -0.1) is 0 Å². The van der Waals surface area contributed by atoms with Crippen LogP contribution in [0, 0.1) is 0 Å². The summed E-state index contributed by atoms with van der Waals surface area (Å²) in [5, 5.41) is 9.15. The topological polar surface area (TPSA) is 69.9 Å². The van der Waals surface area contributed by atoms with Crippen LogP contribution in [0.5, 0.6) is 0 Å². The van der Waals surface area contributed by atoms with Crippen molar-refractivity contribution in [3.05, 3.63) is 170 Å². The zero-order valence-corrected chi connectivity index (χ0v) is 33.8. The zero-order chi connectivity index (χ0) is 39.7. The lowest BCUT2D eigenvalue weighted by Crippen LogP contribution is -2.49. The summed E-state index contributed by atoms with van der Waals surface area (Å²) in [6, 6.07) is 59.6. The Morgan fingerprint density at radius 2 is 1.05 bits per heavy atom. The fraction of sp³-hybridized carbons (Fsp3) is 0.0377. The molecular weight excluding hydrogens is 753 g/mol. The van der Waals surface area contributed by atoms with Crippen molar-refractivity contribution in [2.24, 2.45) is 0 Å². The molecule has 0 saturated heterocycles. The molecule has 0 atom stereocenters. The van der Waals surface area contributed by atoms with E-state index in [1.807, 2.05) is 36.4 Å². The molecule has 282 valence electrons. The average Bonchev–Trinajstić information content (AvgIpc) is 4.03. The lowest BCUT2D eigenvalue weighted by atomic mass is 9.98. The number of furan rings is 2. The highest BCUT2D eigenvalue weighted by molar-refractivity contribution is 7.04. The van der Waals surface area contributed by atoms with Gasteiger partial charge in [-0.05, 0) is 64.5 Å². The number of hydrogen-bond donors (Lipinski definition) is 0. The van der Waals surface area contributed by atoms with Crippen LogP contribution in [0.3, 0.4) is 0 Å². The molecule has 0 fully saturated rings. The first-order valence-corrected chi connectivity index (χ1v) is 23.4. The molecule has 6 nitrogen and oxygen atoms in total. The first-order valence-electron chi connectivity index (χ1n) is 20.4. The molecule has 5 heterocycles. The molecule has 0 amide bonds. The maximum absolute atomic E-state index is 6.90. The Balaban J connectivity index is 1.14. The van der Waals surface area contributed by atoms with E-state index >= 15 is 0 Å². The second kappa shape index (κ2) is 12.2. The van der Waals surface area contributed by atoms with Crippen LogP contribution in [-0.2, 0) is 0 Å². The van der Waals surface area contributed by atoms with Gasteiger partial charge in [0.05, 0.1) is 11.0 Å². The molecule has 1 aliphatic heterocycles. The highest BCUT2D eigenvalue weighted by Crippen LogP contribution is 2.44. The van der Waals surface area contributed by atoms with Gasteiger partial charge < -0.3 is 13.4 Å². The summed E-state index contributed by atoms with van der Waals surface area (Å²) >= 11 is 0. The smallest absolute Gasteiger partial charge is 0.164 e. The number of fused-ring (bicyclic) bond motifs is 13. The summed E-state index contributed by atoms with van der Waals surface area (Å²) in [7, 11) is -2.16. The van der Waals surface area contributed by atoms with Gasteiger partial charge in [0.1, 0.15) is 30.4 Å². The minimum atomic E-state index is -2.16. The number of benzene rings is 8. The third kappa shape index (κ3) is 4.60. The third-order valence-electron chi connectivity index (χ3n) is 12.7. The SMILES string of the molecule is C[Si]1(C)c2ccccc2-c2c1cc(-c1nc(-c3ccc4c5ccccc5n(-c5ccccc5)c4c3)nc(-c3cccc4oc5ccccc5c34)n1)c1c2oc2ccccc21. The predicted octanol–water partition coefficient (Wildman–Crippen LogP) is 12.6. The summed E-state index contributed by atoms with van der Waals surface area (Å²) in [6.07, 6.45) is 0. The van der Waals surface area contributed by atoms with Crippen molar-refractivity contribution in [3.63, 3.8) is 0 Å². The van der Waals surface area contributed by atoms with Crippen LogP contribution in [0.15, 0.2) is 179 Å². The van der Waals surface area contributed by atoms with Crippen LogP contribution >= 0.6 is 0 Å². The Morgan fingerprint density at radius 1 is 0.433 bits per heavy atom. The normalized spacial score (nSPS) is 13.3. The van der Waals surface area contributed by atoms with Gasteiger partial charge in [-0.3, -0.25) is 0 Å². The van der Waals surface area contributed by atoms with E-state index in [1.54, 1.807) is 0 Å². The van der Waals surface area contributed by atoms with Crippen molar-refractivity contribution in [1.82, 2.24) is 19.5 Å². The van der Waals surface area contributed by atoms with E-state index in [0.717, 1.165) is 77.3 Å². The Bertz CT molecular complexity index is 3760. The number of para-hydroxylation sites is 4. The first-order chi connectivity index (χ1) is 29.5. The zero-order valence-electron chi connectivity index (χ0n) is 32.8. The van der Waals surface area contributed by atoms with Gasteiger partial charge in [-0.2, -0.15) is 0 Å². The van der Waals surface area contributed by atoms with E-state index in [1.165, 1.54) is 32.3 Å². The molecule has 0 N–H and O–H groups in total. The van der Waals surface area contributed by atoms with Gasteiger partial charge in [0.15, 0.2) is 17.5 Å². The molecule has 8 aromatic carbocycles. The second-order valence-electron chi connectivity index (χ2n) is 16.3. The van der Waals surface area contributed by atoms with Crippen LogP contribution in [0.2, 0.25) is 13.1 Å². The summed E-state index contributed by atoms with van der Waals surface area (Å²) in [5.41, 5.74) is 11.8. The largest absolute Gasteiger partial charge is 0.456 e. The lowest BCUT2D eigenvalue weighted by Gasteiger charge is -2.19. The summed E-state index contributed by atoms with van der Waals surface area (Å²) in [6.45, 7) is 4.87. The summed E-state index contributed by atoms with van der Waals surface area (Å²) < 4.78 is 15.6. The van der Waals surface area contributed by atoms with Crippen molar-refractivity contribution in [2.75, 3.05) is 0 Å². The fourth-order valence-electron chi connectivity index (χ4n) is 9.90. The summed E-state index contributed by atoms with van der Waals surface area (Å²) in [5.74, 6) is 1.77. The molecule has 0 aliphatic carbocycles. The van der Waals surface area contributed by atoms with Crippen LogP contribution in [0.4, 0.5) is 0 Å². The molecule has 0 saturated carbocycles. The van der Waals surface area contributed by atoms with Crippen LogP contribution in [0.25, 0.3) is 117 Å².